The minimum absolute atomic E-state index is 0.0984. The van der Waals surface area contributed by atoms with Crippen LogP contribution in [0.5, 0.6) is 0 Å². The average Bonchev–Trinajstić information content (AvgIpc) is 3.03. The van der Waals surface area contributed by atoms with E-state index in [4.69, 9.17) is 4.74 Å². The molecule has 0 saturated carbocycles. The van der Waals surface area contributed by atoms with Crippen molar-refractivity contribution in [3.63, 3.8) is 0 Å². The van der Waals surface area contributed by atoms with Gasteiger partial charge in [-0.05, 0) is 30.5 Å². The summed E-state index contributed by atoms with van der Waals surface area (Å²) in [6.45, 7) is 0. The van der Waals surface area contributed by atoms with E-state index in [-0.39, 0.29) is 12.1 Å². The highest BCUT2D eigenvalue weighted by molar-refractivity contribution is 7.89. The van der Waals surface area contributed by atoms with Gasteiger partial charge >= 0.3 is 0 Å². The van der Waals surface area contributed by atoms with E-state index in [0.29, 0.717) is 4.90 Å². The van der Waals surface area contributed by atoms with Gasteiger partial charge in [0.1, 0.15) is 0 Å². The number of sulfonamides is 1. The zero-order chi connectivity index (χ0) is 16.6. The molecule has 1 heterocycles. The first-order chi connectivity index (χ1) is 11.7. The smallest absolute Gasteiger partial charge is 0.246 e. The van der Waals surface area contributed by atoms with Crippen molar-refractivity contribution in [2.24, 2.45) is 0 Å². The van der Waals surface area contributed by atoms with E-state index in [1.54, 1.807) is 24.3 Å². The van der Waals surface area contributed by atoms with Crippen LogP contribution in [0.25, 0.3) is 0 Å². The topological polar surface area (TPSA) is 46.6 Å². The molecular weight excluding hydrogens is 322 g/mol. The molecule has 0 spiro atoms. The number of ether oxygens (including phenoxy) is 1. The second-order valence-corrected chi connectivity index (χ2v) is 7.92. The molecule has 1 aliphatic carbocycles. The molecule has 0 bridgehead atoms. The molecule has 1 unspecified atom stereocenters. The first kappa shape index (κ1) is 15.6. The number of benzene rings is 2. The van der Waals surface area contributed by atoms with E-state index < -0.39 is 16.3 Å². The van der Waals surface area contributed by atoms with Crippen LogP contribution in [0.1, 0.15) is 24.6 Å². The average molecular weight is 341 g/mol. The Morgan fingerprint density at radius 3 is 2.33 bits per heavy atom. The summed E-state index contributed by atoms with van der Waals surface area (Å²) in [6.07, 6.45) is 5.09. The van der Waals surface area contributed by atoms with Gasteiger partial charge in [-0.3, -0.25) is 0 Å². The van der Waals surface area contributed by atoms with Gasteiger partial charge in [0.2, 0.25) is 10.0 Å². The molecule has 0 amide bonds. The fraction of sp³-hybridized carbons (Fsp3) is 0.263. The molecule has 2 aliphatic rings. The maximum Gasteiger partial charge on any atom is 0.246 e. The molecule has 0 N–H and O–H groups in total. The number of fused-ring (bicyclic) bond motifs is 1. The van der Waals surface area contributed by atoms with Crippen LogP contribution in [-0.2, 0) is 14.8 Å². The Bertz CT molecular complexity index is 833. The fourth-order valence-corrected chi connectivity index (χ4v) is 5.11. The zero-order valence-corrected chi connectivity index (χ0v) is 14.0. The lowest BCUT2D eigenvalue weighted by Gasteiger charge is -2.27. The zero-order valence-electron chi connectivity index (χ0n) is 13.2. The third-order valence-electron chi connectivity index (χ3n) is 4.56. The minimum atomic E-state index is -3.65. The van der Waals surface area contributed by atoms with Crippen LogP contribution >= 0.6 is 0 Å². The lowest BCUT2D eigenvalue weighted by molar-refractivity contribution is 0.0169. The molecule has 24 heavy (non-hydrogen) atoms. The van der Waals surface area contributed by atoms with Crippen molar-refractivity contribution in [2.75, 3.05) is 0 Å². The van der Waals surface area contributed by atoms with Gasteiger partial charge in [0.05, 0.1) is 17.0 Å². The summed E-state index contributed by atoms with van der Waals surface area (Å²) in [5.74, 6) is 0. The molecule has 1 aliphatic heterocycles. The molecule has 2 aromatic carbocycles. The van der Waals surface area contributed by atoms with Crippen LogP contribution in [0.2, 0.25) is 0 Å². The largest absolute Gasteiger partial charge is 0.353 e. The lowest BCUT2D eigenvalue weighted by atomic mass is 10.0. The number of nitrogens with zero attached hydrogens (tertiary/aromatic N) is 1. The highest BCUT2D eigenvalue weighted by atomic mass is 32.2. The monoisotopic (exact) mass is 341 g/mol. The van der Waals surface area contributed by atoms with Gasteiger partial charge in [-0.1, -0.05) is 60.7 Å². The van der Waals surface area contributed by atoms with Gasteiger partial charge in [0.25, 0.3) is 0 Å². The van der Waals surface area contributed by atoms with Crippen molar-refractivity contribution in [3.8, 4) is 0 Å². The maximum absolute atomic E-state index is 13.3. The van der Waals surface area contributed by atoms with Crippen LogP contribution in [-0.4, -0.2) is 24.9 Å². The fourth-order valence-electron chi connectivity index (χ4n) is 3.41. The minimum Gasteiger partial charge on any atom is -0.353 e. The Hall–Kier alpha value is -1.95. The van der Waals surface area contributed by atoms with E-state index >= 15 is 0 Å². The maximum atomic E-state index is 13.3. The number of rotatable bonds is 3. The van der Waals surface area contributed by atoms with E-state index in [1.807, 2.05) is 48.6 Å². The highest BCUT2D eigenvalue weighted by Crippen LogP contribution is 2.42. The van der Waals surface area contributed by atoms with Crippen molar-refractivity contribution in [3.05, 3.63) is 78.4 Å². The summed E-state index contributed by atoms with van der Waals surface area (Å²) in [5, 5.41) is 0. The summed E-state index contributed by atoms with van der Waals surface area (Å²) in [5.41, 5.74) is 0.861. The molecule has 4 nitrogen and oxygen atoms in total. The Morgan fingerprint density at radius 1 is 0.958 bits per heavy atom. The Labute approximate surface area is 142 Å². The van der Waals surface area contributed by atoms with E-state index in [1.165, 1.54) is 4.31 Å². The summed E-state index contributed by atoms with van der Waals surface area (Å²) >= 11 is 0. The molecule has 1 fully saturated rings. The molecule has 4 rings (SSSR count). The van der Waals surface area contributed by atoms with Crippen molar-refractivity contribution in [1.82, 2.24) is 4.31 Å². The predicted octanol–water partition coefficient (Wildman–Crippen LogP) is 3.49. The van der Waals surface area contributed by atoms with Crippen LogP contribution < -0.4 is 0 Å². The number of hydrogen-bond acceptors (Lipinski definition) is 3. The third kappa shape index (κ3) is 2.59. The van der Waals surface area contributed by atoms with Gasteiger partial charge in [0.15, 0.2) is 6.23 Å². The molecule has 2 aromatic rings. The Kier molecular flexibility index (Phi) is 4.00. The SMILES string of the molecule is O=S(=O)(c1ccccc1)N1C(c2ccccc2)O[C@H]2CCC=C[C@H]21. The lowest BCUT2D eigenvalue weighted by Crippen LogP contribution is -2.40. The molecule has 5 heteroatoms. The van der Waals surface area contributed by atoms with Crippen molar-refractivity contribution < 1.29 is 13.2 Å². The summed E-state index contributed by atoms with van der Waals surface area (Å²) in [6, 6.07) is 17.9. The van der Waals surface area contributed by atoms with Crippen LogP contribution in [0.15, 0.2) is 77.7 Å². The quantitative estimate of drug-likeness (QED) is 0.803. The standard InChI is InChI=1S/C19H19NO3S/c21-24(22,16-11-5-2-6-12-16)20-17-13-7-8-14-18(17)23-19(20)15-9-3-1-4-10-15/h1-7,9-13,17-19H,8,14H2/t17-,18+,19?/m1/s1. The van der Waals surface area contributed by atoms with Gasteiger partial charge in [-0.15, -0.1) is 0 Å². The highest BCUT2D eigenvalue weighted by Gasteiger charge is 2.48. The Morgan fingerprint density at radius 2 is 1.62 bits per heavy atom. The van der Waals surface area contributed by atoms with Gasteiger partial charge in [0, 0.05) is 0 Å². The van der Waals surface area contributed by atoms with Gasteiger partial charge < -0.3 is 4.74 Å². The third-order valence-corrected chi connectivity index (χ3v) is 6.42. The second-order valence-electron chi connectivity index (χ2n) is 6.08. The molecule has 124 valence electrons. The number of allylic oxidation sites excluding steroid dienone is 1. The van der Waals surface area contributed by atoms with E-state index in [2.05, 4.69) is 0 Å². The summed E-state index contributed by atoms with van der Waals surface area (Å²) < 4.78 is 34.3. The normalized spacial score (nSPS) is 27.1. The molecule has 0 aromatic heterocycles. The van der Waals surface area contributed by atoms with E-state index in [0.717, 1.165) is 18.4 Å². The van der Waals surface area contributed by atoms with E-state index in [9.17, 15) is 8.42 Å². The summed E-state index contributed by atoms with van der Waals surface area (Å²) in [7, 11) is -3.65. The first-order valence-electron chi connectivity index (χ1n) is 8.13. The van der Waals surface area contributed by atoms with Crippen LogP contribution in [0.3, 0.4) is 0 Å². The summed E-state index contributed by atoms with van der Waals surface area (Å²) in [4.78, 5) is 0.300. The van der Waals surface area contributed by atoms with Crippen molar-refractivity contribution in [1.29, 1.82) is 0 Å². The van der Waals surface area contributed by atoms with Crippen LogP contribution in [0, 0.1) is 0 Å². The van der Waals surface area contributed by atoms with Crippen molar-refractivity contribution >= 4 is 10.0 Å². The molecule has 1 saturated heterocycles. The second kappa shape index (κ2) is 6.16. The van der Waals surface area contributed by atoms with Crippen LogP contribution in [0.4, 0.5) is 0 Å². The van der Waals surface area contributed by atoms with Crippen molar-refractivity contribution in [2.45, 2.75) is 36.1 Å². The predicted molar refractivity (Wildman–Crippen MR) is 91.7 cm³/mol. The number of hydrogen-bond donors (Lipinski definition) is 0. The van der Waals surface area contributed by atoms with Gasteiger partial charge in [-0.2, -0.15) is 4.31 Å². The Balaban J connectivity index is 1.82. The molecular formula is C19H19NO3S. The van der Waals surface area contributed by atoms with Gasteiger partial charge in [-0.25, -0.2) is 8.42 Å². The molecule has 3 atom stereocenters. The molecule has 0 radical (unpaired) electrons. The first-order valence-corrected chi connectivity index (χ1v) is 9.57.